The lowest BCUT2D eigenvalue weighted by atomic mass is 10.5. The van der Waals surface area contributed by atoms with Gasteiger partial charge < -0.3 is 4.23 Å². The number of hydrogen-bond donors (Lipinski definition) is 0. The summed E-state index contributed by atoms with van der Waals surface area (Å²) >= 11 is 0. The van der Waals surface area contributed by atoms with Crippen LogP contribution < -0.4 is 0 Å². The van der Waals surface area contributed by atoms with E-state index in [2.05, 4.69) is 107 Å². The molecule has 0 atom stereocenters. The molecule has 0 radical (unpaired) electrons. The van der Waals surface area contributed by atoms with E-state index in [0.717, 1.165) is 39.7 Å². The standard InChI is InChI=1S/C22H49NSi2/c1-14-15-16-23(24(17(2)3,18(4)5)19(6)7)25(20(8)9,21(10)11)22(12)13/h15-22H,14H2,1-13H3. The Balaban J connectivity index is 6.98. The molecule has 0 aliphatic heterocycles. The maximum absolute atomic E-state index is 3.13. The lowest BCUT2D eigenvalue weighted by Crippen LogP contribution is -2.71. The van der Waals surface area contributed by atoms with E-state index in [1.807, 2.05) is 0 Å². The zero-order valence-electron chi connectivity index (χ0n) is 19.8. The van der Waals surface area contributed by atoms with E-state index in [4.69, 9.17) is 0 Å². The van der Waals surface area contributed by atoms with Gasteiger partial charge in [-0.25, -0.2) is 0 Å². The van der Waals surface area contributed by atoms with E-state index in [1.54, 1.807) is 0 Å². The molecule has 0 amide bonds. The highest BCUT2D eigenvalue weighted by molar-refractivity contribution is 6.96. The van der Waals surface area contributed by atoms with E-state index < -0.39 is 16.5 Å². The molecule has 0 heterocycles. The van der Waals surface area contributed by atoms with Gasteiger partial charge in [0.25, 0.3) is 0 Å². The summed E-state index contributed by atoms with van der Waals surface area (Å²) in [6.45, 7) is 32.4. The van der Waals surface area contributed by atoms with Crippen molar-refractivity contribution in [2.75, 3.05) is 0 Å². The van der Waals surface area contributed by atoms with Crippen LogP contribution in [-0.2, 0) is 0 Å². The maximum atomic E-state index is 3.13. The highest BCUT2D eigenvalue weighted by atomic mass is 28.4. The van der Waals surface area contributed by atoms with E-state index in [9.17, 15) is 0 Å². The Kier molecular flexibility index (Phi) is 9.77. The van der Waals surface area contributed by atoms with Crippen LogP contribution in [0.1, 0.15) is 96.4 Å². The second-order valence-corrected chi connectivity index (χ2v) is 21.8. The zero-order chi connectivity index (χ0) is 20.2. The van der Waals surface area contributed by atoms with Gasteiger partial charge in [0, 0.05) is 0 Å². The summed E-state index contributed by atoms with van der Waals surface area (Å²) in [4.78, 5) is 0. The van der Waals surface area contributed by atoms with Crippen LogP contribution in [0.5, 0.6) is 0 Å². The van der Waals surface area contributed by atoms with Crippen molar-refractivity contribution < 1.29 is 0 Å². The first-order valence-corrected chi connectivity index (χ1v) is 15.2. The van der Waals surface area contributed by atoms with Crippen LogP contribution >= 0.6 is 0 Å². The Hall–Kier alpha value is -0.0262. The summed E-state index contributed by atoms with van der Waals surface area (Å²) in [5.74, 6) is 0. The van der Waals surface area contributed by atoms with Crippen molar-refractivity contribution in [2.45, 2.75) is 130 Å². The summed E-state index contributed by atoms with van der Waals surface area (Å²) < 4.78 is 3.13. The van der Waals surface area contributed by atoms with Crippen molar-refractivity contribution in [3.8, 4) is 0 Å². The molecule has 0 unspecified atom stereocenters. The molecule has 0 aromatic rings. The number of allylic oxidation sites excluding steroid dienone is 1. The van der Waals surface area contributed by atoms with Crippen LogP contribution in [0, 0.1) is 0 Å². The molecule has 0 saturated heterocycles. The first-order valence-electron chi connectivity index (χ1n) is 10.8. The number of rotatable bonds is 10. The quantitative estimate of drug-likeness (QED) is 0.341. The molecule has 25 heavy (non-hydrogen) atoms. The highest BCUT2D eigenvalue weighted by Crippen LogP contribution is 2.53. The minimum atomic E-state index is -1.71. The first-order chi connectivity index (χ1) is 11.4. The molecule has 0 spiro atoms. The van der Waals surface area contributed by atoms with Crippen molar-refractivity contribution in [2.24, 2.45) is 0 Å². The van der Waals surface area contributed by atoms with Gasteiger partial charge in [0.15, 0.2) is 16.5 Å². The molecule has 150 valence electrons. The molecule has 0 N–H and O–H groups in total. The van der Waals surface area contributed by atoms with Crippen molar-refractivity contribution in [3.63, 3.8) is 0 Å². The van der Waals surface area contributed by atoms with Crippen LogP contribution in [0.4, 0.5) is 0 Å². The molecule has 0 aliphatic rings. The topological polar surface area (TPSA) is 3.24 Å². The average Bonchev–Trinajstić information content (AvgIpc) is 2.42. The molecule has 0 aromatic heterocycles. The average molecular weight is 384 g/mol. The molecule has 3 heteroatoms. The van der Waals surface area contributed by atoms with Gasteiger partial charge in [0.2, 0.25) is 0 Å². The fraction of sp³-hybridized carbons (Fsp3) is 0.909. The first kappa shape index (κ1) is 25.0. The third-order valence-electron chi connectivity index (χ3n) is 6.87. The second kappa shape index (κ2) is 9.78. The maximum Gasteiger partial charge on any atom is 0.155 e. The molecule has 0 bridgehead atoms. The molecule has 1 nitrogen and oxygen atoms in total. The van der Waals surface area contributed by atoms with Gasteiger partial charge in [-0.3, -0.25) is 0 Å². The summed E-state index contributed by atoms with van der Waals surface area (Å²) in [6.07, 6.45) is 6.18. The Labute approximate surface area is 162 Å². The largest absolute Gasteiger partial charge is 0.429 e. The van der Waals surface area contributed by atoms with Gasteiger partial charge in [-0.15, -0.1) is 0 Å². The Morgan fingerprint density at radius 1 is 0.560 bits per heavy atom. The molecule has 0 fully saturated rings. The number of hydrogen-bond acceptors (Lipinski definition) is 1. The second-order valence-electron chi connectivity index (χ2n) is 9.87. The minimum Gasteiger partial charge on any atom is -0.429 e. The molecule has 0 rings (SSSR count). The van der Waals surface area contributed by atoms with E-state index in [1.165, 1.54) is 0 Å². The smallest absolute Gasteiger partial charge is 0.155 e. The minimum absolute atomic E-state index is 0.761. The lowest BCUT2D eigenvalue weighted by Gasteiger charge is -2.62. The Morgan fingerprint density at radius 2 is 0.800 bits per heavy atom. The van der Waals surface area contributed by atoms with Crippen LogP contribution in [0.3, 0.4) is 0 Å². The molecule has 0 aliphatic carbocycles. The van der Waals surface area contributed by atoms with E-state index in [0.29, 0.717) is 0 Å². The summed E-state index contributed by atoms with van der Waals surface area (Å²) in [5.41, 5.74) is 4.57. The monoisotopic (exact) mass is 383 g/mol. The van der Waals surface area contributed by atoms with Crippen LogP contribution in [0.25, 0.3) is 0 Å². The van der Waals surface area contributed by atoms with Crippen LogP contribution in [0.15, 0.2) is 12.3 Å². The highest BCUT2D eigenvalue weighted by Gasteiger charge is 2.58. The fourth-order valence-electron chi connectivity index (χ4n) is 6.47. The van der Waals surface area contributed by atoms with Gasteiger partial charge in [-0.1, -0.05) is 96.1 Å². The van der Waals surface area contributed by atoms with Gasteiger partial charge in [-0.05, 0) is 45.9 Å². The van der Waals surface area contributed by atoms with Gasteiger partial charge in [0.1, 0.15) is 0 Å². The molecule has 0 aromatic carbocycles. The van der Waals surface area contributed by atoms with Crippen molar-refractivity contribution in [1.29, 1.82) is 0 Å². The fourth-order valence-corrected chi connectivity index (χ4v) is 25.9. The number of nitrogens with zero attached hydrogens (tertiary/aromatic N) is 1. The third kappa shape index (κ3) is 4.29. The van der Waals surface area contributed by atoms with Gasteiger partial charge in [-0.2, -0.15) is 0 Å². The van der Waals surface area contributed by atoms with Crippen LogP contribution in [-0.4, -0.2) is 20.7 Å². The van der Waals surface area contributed by atoms with E-state index >= 15 is 0 Å². The molecular formula is C22H49NSi2. The van der Waals surface area contributed by atoms with Crippen molar-refractivity contribution >= 4 is 16.5 Å². The normalized spacial score (nSPS) is 14.4. The zero-order valence-corrected chi connectivity index (χ0v) is 21.8. The predicted molar refractivity (Wildman–Crippen MR) is 123 cm³/mol. The lowest BCUT2D eigenvalue weighted by molar-refractivity contribution is 0.597. The summed E-state index contributed by atoms with van der Waals surface area (Å²) in [6, 6.07) is 0. The molecular weight excluding hydrogens is 334 g/mol. The summed E-state index contributed by atoms with van der Waals surface area (Å²) in [5, 5.41) is 0. The predicted octanol–water partition coefficient (Wildman–Crippen LogP) is 8.56. The van der Waals surface area contributed by atoms with Crippen LogP contribution in [0.2, 0.25) is 33.2 Å². The Morgan fingerprint density at radius 3 is 0.960 bits per heavy atom. The molecule has 0 saturated carbocycles. The summed E-state index contributed by atoms with van der Waals surface area (Å²) in [7, 11) is -3.42. The Bertz CT molecular complexity index is 333. The van der Waals surface area contributed by atoms with Gasteiger partial charge >= 0.3 is 0 Å². The SMILES string of the molecule is CCC=CN([Si](C(C)C)(C(C)C)C(C)C)[Si](C(C)C)(C(C)C)C(C)C. The van der Waals surface area contributed by atoms with E-state index in [-0.39, 0.29) is 0 Å². The van der Waals surface area contributed by atoms with Crippen molar-refractivity contribution in [1.82, 2.24) is 4.23 Å². The van der Waals surface area contributed by atoms with Crippen molar-refractivity contribution in [3.05, 3.63) is 12.3 Å². The third-order valence-corrected chi connectivity index (χ3v) is 22.3. The van der Waals surface area contributed by atoms with Gasteiger partial charge in [0.05, 0.1) is 0 Å².